The van der Waals surface area contributed by atoms with Crippen LogP contribution in [0.15, 0.2) is 46.9 Å². The van der Waals surface area contributed by atoms with E-state index in [2.05, 4.69) is 4.98 Å². The minimum atomic E-state index is -1.27. The SMILES string of the molecule is Cc1c(C(=O)C(C#N)c2nc3ccccc3o2)cccc1[N+](=O)[O-]. The fraction of sp³-hybridized carbons (Fsp3) is 0.118. The van der Waals surface area contributed by atoms with Gasteiger partial charge in [-0.05, 0) is 19.1 Å². The van der Waals surface area contributed by atoms with E-state index >= 15 is 0 Å². The molecule has 0 saturated carbocycles. The van der Waals surface area contributed by atoms with Crippen LogP contribution in [0.2, 0.25) is 0 Å². The van der Waals surface area contributed by atoms with E-state index in [1.165, 1.54) is 25.1 Å². The molecule has 0 bridgehead atoms. The summed E-state index contributed by atoms with van der Waals surface area (Å²) < 4.78 is 5.49. The summed E-state index contributed by atoms with van der Waals surface area (Å²) in [6, 6.07) is 13.0. The second-order valence-corrected chi connectivity index (χ2v) is 5.15. The van der Waals surface area contributed by atoms with Crippen LogP contribution >= 0.6 is 0 Å². The molecule has 1 heterocycles. The maximum atomic E-state index is 12.7. The van der Waals surface area contributed by atoms with Crippen molar-refractivity contribution in [2.45, 2.75) is 12.8 Å². The van der Waals surface area contributed by atoms with Crippen LogP contribution in [0.3, 0.4) is 0 Å². The van der Waals surface area contributed by atoms with E-state index in [1.807, 2.05) is 6.07 Å². The monoisotopic (exact) mass is 321 g/mol. The van der Waals surface area contributed by atoms with Crippen LogP contribution in [-0.2, 0) is 0 Å². The zero-order chi connectivity index (χ0) is 17.3. The maximum Gasteiger partial charge on any atom is 0.273 e. The van der Waals surface area contributed by atoms with Gasteiger partial charge in [0.15, 0.2) is 17.3 Å². The molecule has 0 N–H and O–H groups in total. The van der Waals surface area contributed by atoms with Crippen LogP contribution in [0.5, 0.6) is 0 Å². The van der Waals surface area contributed by atoms with Crippen LogP contribution in [0.25, 0.3) is 11.1 Å². The number of oxazole rings is 1. The molecule has 0 aliphatic heterocycles. The quantitative estimate of drug-likeness (QED) is 0.413. The van der Waals surface area contributed by atoms with Crippen molar-refractivity contribution >= 4 is 22.6 Å². The van der Waals surface area contributed by atoms with Gasteiger partial charge in [0.05, 0.1) is 11.0 Å². The van der Waals surface area contributed by atoms with E-state index < -0.39 is 16.6 Å². The molecule has 3 rings (SSSR count). The summed E-state index contributed by atoms with van der Waals surface area (Å²) in [4.78, 5) is 27.3. The molecule has 3 aromatic rings. The van der Waals surface area contributed by atoms with E-state index in [-0.39, 0.29) is 22.7 Å². The number of nitriles is 1. The number of hydrogen-bond donors (Lipinski definition) is 0. The van der Waals surface area contributed by atoms with Gasteiger partial charge in [-0.15, -0.1) is 0 Å². The van der Waals surface area contributed by atoms with Gasteiger partial charge in [0, 0.05) is 17.2 Å². The number of nitro benzene ring substituents is 1. The highest BCUT2D eigenvalue weighted by molar-refractivity contribution is 6.04. The Balaban J connectivity index is 2.06. The van der Waals surface area contributed by atoms with Crippen LogP contribution in [0, 0.1) is 28.4 Å². The van der Waals surface area contributed by atoms with Crippen molar-refractivity contribution in [3.8, 4) is 6.07 Å². The third-order valence-corrected chi connectivity index (χ3v) is 3.72. The zero-order valence-corrected chi connectivity index (χ0v) is 12.6. The predicted molar refractivity (Wildman–Crippen MR) is 84.5 cm³/mol. The molecule has 0 amide bonds. The number of carbonyl (C=O) groups is 1. The van der Waals surface area contributed by atoms with Gasteiger partial charge in [0.1, 0.15) is 5.52 Å². The lowest BCUT2D eigenvalue weighted by atomic mass is 9.94. The Labute approximate surface area is 136 Å². The van der Waals surface area contributed by atoms with Crippen molar-refractivity contribution < 1.29 is 14.1 Å². The summed E-state index contributed by atoms with van der Waals surface area (Å²) >= 11 is 0. The highest BCUT2D eigenvalue weighted by atomic mass is 16.6. The Hall–Kier alpha value is -3.53. The van der Waals surface area contributed by atoms with Gasteiger partial charge in [-0.25, -0.2) is 4.98 Å². The first-order valence-electron chi connectivity index (χ1n) is 7.06. The van der Waals surface area contributed by atoms with E-state index in [4.69, 9.17) is 4.42 Å². The van der Waals surface area contributed by atoms with E-state index in [0.717, 1.165) is 0 Å². The molecule has 7 heteroatoms. The van der Waals surface area contributed by atoms with Crippen molar-refractivity contribution in [1.29, 1.82) is 5.26 Å². The number of aromatic nitrogens is 1. The highest BCUT2D eigenvalue weighted by Crippen LogP contribution is 2.28. The van der Waals surface area contributed by atoms with E-state index in [0.29, 0.717) is 11.1 Å². The summed E-state index contributed by atoms with van der Waals surface area (Å²) in [5, 5.41) is 20.4. The van der Waals surface area contributed by atoms with Gasteiger partial charge in [-0.3, -0.25) is 14.9 Å². The lowest BCUT2D eigenvalue weighted by molar-refractivity contribution is -0.385. The number of fused-ring (bicyclic) bond motifs is 1. The molecule has 0 aliphatic rings. The number of nitro groups is 1. The summed E-state index contributed by atoms with van der Waals surface area (Å²) in [5.74, 6) is -1.86. The number of hydrogen-bond acceptors (Lipinski definition) is 6. The first-order chi connectivity index (χ1) is 11.5. The number of carbonyl (C=O) groups excluding carboxylic acids is 1. The molecule has 118 valence electrons. The molecule has 0 fully saturated rings. The number of para-hydroxylation sites is 2. The molecular weight excluding hydrogens is 310 g/mol. The van der Waals surface area contributed by atoms with Crippen molar-refractivity contribution in [2.75, 3.05) is 0 Å². The first-order valence-corrected chi connectivity index (χ1v) is 7.06. The normalized spacial score (nSPS) is 11.8. The molecule has 2 aromatic carbocycles. The first kappa shape index (κ1) is 15.4. The average Bonchev–Trinajstić information content (AvgIpc) is 2.98. The largest absolute Gasteiger partial charge is 0.439 e. The second-order valence-electron chi connectivity index (χ2n) is 5.15. The minimum Gasteiger partial charge on any atom is -0.439 e. The number of ketones is 1. The topological polar surface area (TPSA) is 110 Å². The van der Waals surface area contributed by atoms with Crippen molar-refractivity contribution in [3.05, 3.63) is 69.6 Å². The van der Waals surface area contributed by atoms with Crippen LogP contribution in [0.4, 0.5) is 5.69 Å². The van der Waals surface area contributed by atoms with Gasteiger partial charge in [-0.1, -0.05) is 24.3 Å². The van der Waals surface area contributed by atoms with Crippen LogP contribution in [-0.4, -0.2) is 15.7 Å². The standard InChI is InChI=1S/C17H11N3O4/c1-10-11(5-4-7-14(10)20(22)23)16(21)12(9-18)17-19-13-6-2-3-8-15(13)24-17/h2-8,12H,1H3. The number of rotatable bonds is 4. The van der Waals surface area contributed by atoms with E-state index in [9.17, 15) is 20.2 Å². The summed E-state index contributed by atoms with van der Waals surface area (Å²) in [7, 11) is 0. The lowest BCUT2D eigenvalue weighted by Crippen LogP contribution is -2.13. The Morgan fingerprint density at radius 2 is 2.04 bits per heavy atom. The smallest absolute Gasteiger partial charge is 0.273 e. The fourth-order valence-corrected chi connectivity index (χ4v) is 2.48. The molecule has 0 spiro atoms. The highest BCUT2D eigenvalue weighted by Gasteiger charge is 2.29. The molecule has 1 aromatic heterocycles. The van der Waals surface area contributed by atoms with Gasteiger partial charge in [0.2, 0.25) is 5.89 Å². The number of nitrogens with zero attached hydrogens (tertiary/aromatic N) is 3. The third kappa shape index (κ3) is 2.50. The fourth-order valence-electron chi connectivity index (χ4n) is 2.48. The van der Waals surface area contributed by atoms with Crippen LogP contribution < -0.4 is 0 Å². The van der Waals surface area contributed by atoms with Crippen molar-refractivity contribution in [2.24, 2.45) is 0 Å². The molecular formula is C17H11N3O4. The zero-order valence-electron chi connectivity index (χ0n) is 12.6. The average molecular weight is 321 g/mol. The molecule has 1 unspecified atom stereocenters. The third-order valence-electron chi connectivity index (χ3n) is 3.72. The summed E-state index contributed by atoms with van der Waals surface area (Å²) in [6.07, 6.45) is 0. The lowest BCUT2D eigenvalue weighted by Gasteiger charge is -2.07. The Morgan fingerprint density at radius 3 is 2.71 bits per heavy atom. The molecule has 7 nitrogen and oxygen atoms in total. The van der Waals surface area contributed by atoms with Gasteiger partial charge in [-0.2, -0.15) is 5.26 Å². The molecule has 0 saturated heterocycles. The number of benzene rings is 2. The molecule has 0 aliphatic carbocycles. The van der Waals surface area contributed by atoms with Crippen LogP contribution in [0.1, 0.15) is 27.7 Å². The molecule has 0 radical (unpaired) electrons. The molecule has 24 heavy (non-hydrogen) atoms. The Bertz CT molecular complexity index is 967. The minimum absolute atomic E-state index is 0.0189. The van der Waals surface area contributed by atoms with Gasteiger partial charge >= 0.3 is 0 Å². The number of Topliss-reactive ketones (excluding diaryl/α,β-unsaturated/α-hetero) is 1. The van der Waals surface area contributed by atoms with Crippen molar-refractivity contribution in [3.63, 3.8) is 0 Å². The second kappa shape index (κ2) is 5.93. The maximum absolute atomic E-state index is 12.7. The summed E-state index contributed by atoms with van der Waals surface area (Å²) in [5.41, 5.74) is 1.16. The van der Waals surface area contributed by atoms with E-state index in [1.54, 1.807) is 24.3 Å². The van der Waals surface area contributed by atoms with Gasteiger partial charge in [0.25, 0.3) is 5.69 Å². The Kier molecular flexibility index (Phi) is 3.80. The predicted octanol–water partition coefficient (Wildman–Crippen LogP) is 3.53. The molecule has 1 atom stereocenters. The van der Waals surface area contributed by atoms with Gasteiger partial charge < -0.3 is 4.42 Å². The summed E-state index contributed by atoms with van der Waals surface area (Å²) in [6.45, 7) is 1.48. The Morgan fingerprint density at radius 1 is 1.29 bits per heavy atom. The van der Waals surface area contributed by atoms with Crippen molar-refractivity contribution in [1.82, 2.24) is 4.98 Å².